The molecule has 2 aromatic rings. The lowest BCUT2D eigenvalue weighted by molar-refractivity contribution is 0.790. The summed E-state index contributed by atoms with van der Waals surface area (Å²) in [5, 5.41) is 12.2. The highest BCUT2D eigenvalue weighted by molar-refractivity contribution is 14.0. The monoisotopic (exact) mass is 491 g/mol. The van der Waals surface area contributed by atoms with E-state index in [1.54, 1.807) is 22.7 Å². The Balaban J connectivity index is 0.00000225. The number of halogens is 1. The second-order valence-electron chi connectivity index (χ2n) is 5.77. The number of rotatable bonds is 7. The molecule has 0 aliphatic carbocycles. The van der Waals surface area contributed by atoms with Gasteiger partial charge >= 0.3 is 0 Å². The third-order valence-corrected chi connectivity index (χ3v) is 5.72. The molecule has 0 amide bonds. The highest BCUT2D eigenvalue weighted by Crippen LogP contribution is 2.24. The smallest absolute Gasteiger partial charge is 0.191 e. The fraction of sp³-hybridized carbons (Fsp3) is 0.529. The van der Waals surface area contributed by atoms with Crippen molar-refractivity contribution in [2.24, 2.45) is 4.99 Å². The summed E-state index contributed by atoms with van der Waals surface area (Å²) in [6.07, 6.45) is 3.51. The summed E-state index contributed by atoms with van der Waals surface area (Å²) < 4.78 is 0. The van der Waals surface area contributed by atoms with Crippen molar-refractivity contribution in [2.75, 3.05) is 31.1 Å². The zero-order valence-corrected chi connectivity index (χ0v) is 18.5. The number of aromatic nitrogens is 1. The third-order valence-electron chi connectivity index (χ3n) is 3.91. The predicted octanol–water partition coefficient (Wildman–Crippen LogP) is 3.72. The summed E-state index contributed by atoms with van der Waals surface area (Å²) >= 11 is 3.51. The molecule has 0 spiro atoms. The molecule has 0 aromatic carbocycles. The third kappa shape index (κ3) is 6.41. The van der Waals surface area contributed by atoms with E-state index in [9.17, 15) is 0 Å². The molecule has 0 bridgehead atoms. The zero-order valence-electron chi connectivity index (χ0n) is 14.5. The highest BCUT2D eigenvalue weighted by atomic mass is 127. The second-order valence-corrected chi connectivity index (χ2v) is 7.64. The summed E-state index contributed by atoms with van der Waals surface area (Å²) in [4.78, 5) is 13.1. The number of nitrogens with zero attached hydrogens (tertiary/aromatic N) is 3. The molecule has 1 aliphatic rings. The van der Waals surface area contributed by atoms with Crippen molar-refractivity contribution in [3.63, 3.8) is 0 Å². The number of nitrogens with one attached hydrogen (secondary N) is 2. The fourth-order valence-electron chi connectivity index (χ4n) is 2.68. The van der Waals surface area contributed by atoms with Gasteiger partial charge in [0.2, 0.25) is 0 Å². The van der Waals surface area contributed by atoms with Gasteiger partial charge in [-0.15, -0.1) is 46.7 Å². The van der Waals surface area contributed by atoms with E-state index >= 15 is 0 Å². The maximum Gasteiger partial charge on any atom is 0.191 e. The van der Waals surface area contributed by atoms with Gasteiger partial charge in [-0.05, 0) is 31.2 Å². The van der Waals surface area contributed by atoms with Gasteiger partial charge in [0.1, 0.15) is 0 Å². The zero-order chi connectivity index (χ0) is 16.6. The topological polar surface area (TPSA) is 52.6 Å². The van der Waals surface area contributed by atoms with E-state index < -0.39 is 0 Å². The van der Waals surface area contributed by atoms with Gasteiger partial charge in [-0.1, -0.05) is 6.07 Å². The molecule has 3 rings (SSSR count). The van der Waals surface area contributed by atoms with E-state index in [1.165, 1.54) is 28.5 Å². The molecule has 0 radical (unpaired) electrons. The van der Waals surface area contributed by atoms with E-state index in [1.807, 2.05) is 0 Å². The number of thiazole rings is 1. The van der Waals surface area contributed by atoms with E-state index in [0.717, 1.165) is 45.1 Å². The SMILES string of the molecule is CCNC(=NCc1cccs1)NCCc1csc(N2CCCC2)n1.I. The molecule has 0 saturated carbocycles. The van der Waals surface area contributed by atoms with Crippen LogP contribution < -0.4 is 15.5 Å². The van der Waals surface area contributed by atoms with Crippen molar-refractivity contribution in [1.82, 2.24) is 15.6 Å². The van der Waals surface area contributed by atoms with Gasteiger partial charge in [0.05, 0.1) is 12.2 Å². The predicted molar refractivity (Wildman–Crippen MR) is 120 cm³/mol. The van der Waals surface area contributed by atoms with Crippen LogP contribution in [0.25, 0.3) is 0 Å². The molecule has 8 heteroatoms. The van der Waals surface area contributed by atoms with E-state index in [-0.39, 0.29) is 24.0 Å². The molecule has 1 fully saturated rings. The number of thiophene rings is 1. The van der Waals surface area contributed by atoms with Crippen LogP contribution in [0.5, 0.6) is 0 Å². The van der Waals surface area contributed by atoms with E-state index in [0.29, 0.717) is 0 Å². The van der Waals surface area contributed by atoms with Crippen LogP contribution in [0.15, 0.2) is 27.9 Å². The van der Waals surface area contributed by atoms with Gasteiger partial charge in [0.15, 0.2) is 11.1 Å². The lowest BCUT2D eigenvalue weighted by Gasteiger charge is -2.12. The largest absolute Gasteiger partial charge is 0.357 e. The summed E-state index contributed by atoms with van der Waals surface area (Å²) in [6, 6.07) is 4.18. The molecule has 3 heterocycles. The van der Waals surface area contributed by atoms with E-state index in [2.05, 4.69) is 50.3 Å². The van der Waals surface area contributed by atoms with Gasteiger partial charge < -0.3 is 15.5 Å². The standard InChI is InChI=1S/C17H25N5S2.HI/c1-2-18-16(20-12-15-6-5-11-23-15)19-8-7-14-13-24-17(21-14)22-9-3-4-10-22;/h5-6,11,13H,2-4,7-10,12H2,1H3,(H2,18,19,20);1H. The first-order chi connectivity index (χ1) is 11.8. The number of anilines is 1. The molecule has 138 valence electrons. The molecular formula is C17H26IN5S2. The quantitative estimate of drug-likeness (QED) is 0.352. The maximum absolute atomic E-state index is 4.77. The summed E-state index contributed by atoms with van der Waals surface area (Å²) in [5.41, 5.74) is 1.17. The first-order valence-electron chi connectivity index (χ1n) is 8.59. The van der Waals surface area contributed by atoms with Crippen LogP contribution in [0.1, 0.15) is 30.3 Å². The molecule has 0 unspecified atom stereocenters. The van der Waals surface area contributed by atoms with Crippen molar-refractivity contribution >= 4 is 57.7 Å². The van der Waals surface area contributed by atoms with Crippen LogP contribution in [0, 0.1) is 0 Å². The fourth-order valence-corrected chi connectivity index (χ4v) is 4.22. The normalized spacial score (nSPS) is 14.4. The Morgan fingerprint density at radius 3 is 2.84 bits per heavy atom. The average Bonchev–Trinajstić information content (AvgIpc) is 3.33. The Morgan fingerprint density at radius 2 is 2.12 bits per heavy atom. The van der Waals surface area contributed by atoms with Gasteiger partial charge in [-0.2, -0.15) is 0 Å². The Labute approximate surface area is 175 Å². The van der Waals surface area contributed by atoms with Gasteiger partial charge in [-0.3, -0.25) is 0 Å². The first-order valence-corrected chi connectivity index (χ1v) is 10.3. The van der Waals surface area contributed by atoms with E-state index in [4.69, 9.17) is 4.98 Å². The van der Waals surface area contributed by atoms with Crippen LogP contribution in [0.3, 0.4) is 0 Å². The maximum atomic E-state index is 4.77. The van der Waals surface area contributed by atoms with Crippen LogP contribution in [-0.4, -0.2) is 37.1 Å². The number of aliphatic imine (C=N–C) groups is 1. The average molecular weight is 491 g/mol. The Kier molecular flexibility index (Phi) is 8.97. The summed E-state index contributed by atoms with van der Waals surface area (Å²) in [5.74, 6) is 0.876. The molecule has 1 aliphatic heterocycles. The molecular weight excluding hydrogens is 465 g/mol. The van der Waals surface area contributed by atoms with Crippen LogP contribution >= 0.6 is 46.7 Å². The van der Waals surface area contributed by atoms with Crippen molar-refractivity contribution in [2.45, 2.75) is 32.7 Å². The van der Waals surface area contributed by atoms with Gasteiger partial charge in [0.25, 0.3) is 0 Å². The minimum atomic E-state index is 0. The van der Waals surface area contributed by atoms with Crippen molar-refractivity contribution in [3.05, 3.63) is 33.5 Å². The lowest BCUT2D eigenvalue weighted by atomic mass is 10.3. The van der Waals surface area contributed by atoms with Gasteiger partial charge in [-0.25, -0.2) is 9.98 Å². The second kappa shape index (κ2) is 11.0. The minimum absolute atomic E-state index is 0. The highest BCUT2D eigenvalue weighted by Gasteiger charge is 2.15. The first kappa shape index (κ1) is 20.4. The molecule has 2 aromatic heterocycles. The Bertz CT molecular complexity index is 635. The van der Waals surface area contributed by atoms with Gasteiger partial charge in [0, 0.05) is 42.9 Å². The molecule has 1 saturated heterocycles. The van der Waals surface area contributed by atoms with Crippen LogP contribution in [0.4, 0.5) is 5.13 Å². The minimum Gasteiger partial charge on any atom is -0.357 e. The molecule has 25 heavy (non-hydrogen) atoms. The summed E-state index contributed by atoms with van der Waals surface area (Å²) in [6.45, 7) is 6.84. The number of hydrogen-bond acceptors (Lipinski definition) is 5. The van der Waals surface area contributed by atoms with Crippen LogP contribution in [0.2, 0.25) is 0 Å². The Hall–Kier alpha value is -0.870. The van der Waals surface area contributed by atoms with Crippen molar-refractivity contribution < 1.29 is 0 Å². The summed E-state index contributed by atoms with van der Waals surface area (Å²) in [7, 11) is 0. The van der Waals surface area contributed by atoms with Crippen molar-refractivity contribution in [3.8, 4) is 0 Å². The lowest BCUT2D eigenvalue weighted by Crippen LogP contribution is -2.38. The number of guanidine groups is 1. The Morgan fingerprint density at radius 1 is 1.28 bits per heavy atom. The molecule has 0 atom stereocenters. The van der Waals surface area contributed by atoms with Crippen LogP contribution in [-0.2, 0) is 13.0 Å². The molecule has 2 N–H and O–H groups in total. The molecule has 5 nitrogen and oxygen atoms in total. The number of hydrogen-bond donors (Lipinski definition) is 2. The van der Waals surface area contributed by atoms with Crippen molar-refractivity contribution in [1.29, 1.82) is 0 Å².